The Hall–Kier alpha value is -1.26. The number of hydrogen-bond acceptors (Lipinski definition) is 3. The predicted molar refractivity (Wildman–Crippen MR) is 62.5 cm³/mol. The summed E-state index contributed by atoms with van der Waals surface area (Å²) in [6.07, 6.45) is 0. The molecular formula is C11H14ClNO3. The zero-order chi connectivity index (χ0) is 12.1. The molecule has 0 bridgehead atoms. The van der Waals surface area contributed by atoms with Crippen LogP contribution in [0.15, 0.2) is 18.2 Å². The van der Waals surface area contributed by atoms with Crippen LogP contribution in [0, 0.1) is 0 Å². The van der Waals surface area contributed by atoms with Gasteiger partial charge in [0.2, 0.25) is 0 Å². The molecule has 88 valence electrons. The largest absolute Gasteiger partial charge is 0.491 e. The molecule has 16 heavy (non-hydrogen) atoms. The minimum absolute atomic E-state index is 0.128. The van der Waals surface area contributed by atoms with Crippen LogP contribution in [0.5, 0.6) is 5.75 Å². The lowest BCUT2D eigenvalue weighted by molar-refractivity contribution is 0.0692. The average molecular weight is 244 g/mol. The number of carbonyl (C=O) groups is 1. The second kappa shape index (κ2) is 5.72. The number of halogens is 1. The second-order valence-corrected chi connectivity index (χ2v) is 4.03. The van der Waals surface area contributed by atoms with Crippen LogP contribution in [0.2, 0.25) is 5.02 Å². The van der Waals surface area contributed by atoms with E-state index >= 15 is 0 Å². The van der Waals surface area contributed by atoms with Crippen molar-refractivity contribution in [2.75, 3.05) is 27.2 Å². The molecule has 0 atom stereocenters. The number of hydrogen-bond donors (Lipinski definition) is 1. The van der Waals surface area contributed by atoms with E-state index in [4.69, 9.17) is 21.4 Å². The summed E-state index contributed by atoms with van der Waals surface area (Å²) in [4.78, 5) is 12.8. The molecular weight excluding hydrogens is 230 g/mol. The highest BCUT2D eigenvalue weighted by atomic mass is 35.5. The first-order valence-corrected chi connectivity index (χ1v) is 5.19. The Balaban J connectivity index is 2.76. The average Bonchev–Trinajstić information content (AvgIpc) is 2.16. The molecule has 0 saturated heterocycles. The predicted octanol–water partition coefficient (Wildman–Crippen LogP) is 1.98. The van der Waals surface area contributed by atoms with E-state index in [1.807, 2.05) is 19.0 Å². The molecule has 0 unspecified atom stereocenters. The Bertz CT molecular complexity index is 379. The van der Waals surface area contributed by atoms with Gasteiger partial charge in [0, 0.05) is 11.6 Å². The molecule has 0 fully saturated rings. The molecule has 0 heterocycles. The first kappa shape index (κ1) is 12.8. The normalized spacial score (nSPS) is 10.5. The Labute approximate surface area is 99.4 Å². The molecule has 1 aromatic rings. The third-order valence-electron chi connectivity index (χ3n) is 1.97. The van der Waals surface area contributed by atoms with Gasteiger partial charge in [-0.1, -0.05) is 11.6 Å². The van der Waals surface area contributed by atoms with Crippen LogP contribution in [-0.2, 0) is 0 Å². The molecule has 0 saturated carbocycles. The van der Waals surface area contributed by atoms with Gasteiger partial charge in [0.1, 0.15) is 17.9 Å². The van der Waals surface area contributed by atoms with Gasteiger partial charge in [-0.15, -0.1) is 0 Å². The number of nitrogens with zero attached hydrogens (tertiary/aromatic N) is 1. The van der Waals surface area contributed by atoms with E-state index in [2.05, 4.69) is 0 Å². The fourth-order valence-corrected chi connectivity index (χ4v) is 1.29. The molecule has 1 aromatic carbocycles. The minimum Gasteiger partial charge on any atom is -0.491 e. The summed E-state index contributed by atoms with van der Waals surface area (Å²) in [6, 6.07) is 4.49. The summed E-state index contributed by atoms with van der Waals surface area (Å²) in [5.74, 6) is -0.710. The van der Waals surface area contributed by atoms with Gasteiger partial charge in [0.15, 0.2) is 0 Å². The minimum atomic E-state index is -1.02. The van der Waals surface area contributed by atoms with Crippen molar-refractivity contribution < 1.29 is 14.6 Å². The highest BCUT2D eigenvalue weighted by Crippen LogP contribution is 2.23. The second-order valence-electron chi connectivity index (χ2n) is 3.60. The maximum absolute atomic E-state index is 10.9. The standard InChI is InChI=1S/C11H14ClNO3/c1-13(2)5-6-16-10-7-8(12)3-4-9(10)11(14)15/h3-4,7H,5-6H2,1-2H3,(H,14,15). The third-order valence-corrected chi connectivity index (χ3v) is 2.21. The van der Waals surface area contributed by atoms with Crippen LogP contribution in [0.4, 0.5) is 0 Å². The van der Waals surface area contributed by atoms with Crippen LogP contribution in [-0.4, -0.2) is 43.2 Å². The maximum atomic E-state index is 10.9. The number of carboxylic acid groups (broad SMARTS) is 1. The molecule has 0 aliphatic carbocycles. The summed E-state index contributed by atoms with van der Waals surface area (Å²) in [5, 5.41) is 9.39. The number of ether oxygens (including phenoxy) is 1. The van der Waals surface area contributed by atoms with Crippen molar-refractivity contribution in [3.63, 3.8) is 0 Å². The lowest BCUT2D eigenvalue weighted by Gasteiger charge is -2.12. The van der Waals surface area contributed by atoms with Gasteiger partial charge in [-0.2, -0.15) is 0 Å². The smallest absolute Gasteiger partial charge is 0.339 e. The lowest BCUT2D eigenvalue weighted by atomic mass is 10.2. The van der Waals surface area contributed by atoms with E-state index in [0.717, 1.165) is 0 Å². The van der Waals surface area contributed by atoms with Crippen molar-refractivity contribution in [3.05, 3.63) is 28.8 Å². The molecule has 0 aliphatic rings. The van der Waals surface area contributed by atoms with Crippen LogP contribution in [0.1, 0.15) is 10.4 Å². The molecule has 5 heteroatoms. The quantitative estimate of drug-likeness (QED) is 0.859. The summed E-state index contributed by atoms with van der Waals surface area (Å²) in [5.41, 5.74) is 0.128. The van der Waals surface area contributed by atoms with Crippen molar-refractivity contribution in [1.82, 2.24) is 4.90 Å². The number of carboxylic acids is 1. The van der Waals surface area contributed by atoms with E-state index in [9.17, 15) is 4.79 Å². The highest BCUT2D eigenvalue weighted by molar-refractivity contribution is 6.30. The van der Waals surface area contributed by atoms with E-state index < -0.39 is 5.97 Å². The van der Waals surface area contributed by atoms with Crippen LogP contribution in [0.3, 0.4) is 0 Å². The fraction of sp³-hybridized carbons (Fsp3) is 0.364. The van der Waals surface area contributed by atoms with E-state index in [0.29, 0.717) is 23.9 Å². The van der Waals surface area contributed by atoms with E-state index in [1.165, 1.54) is 18.2 Å². The zero-order valence-corrected chi connectivity index (χ0v) is 9.99. The molecule has 0 amide bonds. The number of rotatable bonds is 5. The molecule has 1 rings (SSSR count). The lowest BCUT2D eigenvalue weighted by Crippen LogP contribution is -2.20. The first-order valence-electron chi connectivity index (χ1n) is 4.81. The summed E-state index contributed by atoms with van der Waals surface area (Å²) in [6.45, 7) is 1.14. The van der Waals surface area contributed by atoms with Crippen LogP contribution < -0.4 is 4.74 Å². The monoisotopic (exact) mass is 243 g/mol. The van der Waals surface area contributed by atoms with Crippen molar-refractivity contribution >= 4 is 17.6 Å². The first-order chi connectivity index (χ1) is 7.50. The third kappa shape index (κ3) is 3.72. The van der Waals surface area contributed by atoms with Gasteiger partial charge in [-0.25, -0.2) is 4.79 Å². The summed E-state index contributed by atoms with van der Waals surface area (Å²) < 4.78 is 5.38. The van der Waals surface area contributed by atoms with Gasteiger partial charge in [-0.05, 0) is 32.3 Å². The van der Waals surface area contributed by atoms with Crippen LogP contribution in [0.25, 0.3) is 0 Å². The van der Waals surface area contributed by atoms with Crippen molar-refractivity contribution in [2.24, 2.45) is 0 Å². The SMILES string of the molecule is CN(C)CCOc1cc(Cl)ccc1C(=O)O. The Kier molecular flexibility index (Phi) is 4.58. The van der Waals surface area contributed by atoms with Crippen molar-refractivity contribution in [2.45, 2.75) is 0 Å². The Morgan fingerprint density at radius 2 is 2.19 bits per heavy atom. The molecule has 4 nitrogen and oxygen atoms in total. The highest BCUT2D eigenvalue weighted by Gasteiger charge is 2.11. The van der Waals surface area contributed by atoms with E-state index in [1.54, 1.807) is 0 Å². The molecule has 0 aliphatic heterocycles. The topological polar surface area (TPSA) is 49.8 Å². The van der Waals surface area contributed by atoms with Crippen molar-refractivity contribution in [3.8, 4) is 5.75 Å². The van der Waals surface area contributed by atoms with Gasteiger partial charge in [-0.3, -0.25) is 0 Å². The summed E-state index contributed by atoms with van der Waals surface area (Å²) >= 11 is 5.78. The van der Waals surface area contributed by atoms with E-state index in [-0.39, 0.29) is 5.56 Å². The van der Waals surface area contributed by atoms with Crippen molar-refractivity contribution in [1.29, 1.82) is 0 Å². The molecule has 1 N–H and O–H groups in total. The van der Waals surface area contributed by atoms with Gasteiger partial charge in [0.05, 0.1) is 0 Å². The van der Waals surface area contributed by atoms with Gasteiger partial charge in [0.25, 0.3) is 0 Å². The Morgan fingerprint density at radius 3 is 2.75 bits per heavy atom. The number of likely N-dealkylation sites (N-methyl/N-ethyl adjacent to an activating group) is 1. The number of benzene rings is 1. The zero-order valence-electron chi connectivity index (χ0n) is 9.24. The van der Waals surface area contributed by atoms with Crippen LogP contribution >= 0.6 is 11.6 Å². The van der Waals surface area contributed by atoms with Gasteiger partial charge >= 0.3 is 5.97 Å². The molecule has 0 radical (unpaired) electrons. The van der Waals surface area contributed by atoms with Gasteiger partial charge < -0.3 is 14.7 Å². The molecule has 0 spiro atoms. The Morgan fingerprint density at radius 1 is 1.50 bits per heavy atom. The summed E-state index contributed by atoms with van der Waals surface area (Å²) in [7, 11) is 3.83. The number of aromatic carboxylic acids is 1. The molecule has 0 aromatic heterocycles. The fourth-order valence-electron chi connectivity index (χ4n) is 1.13. The maximum Gasteiger partial charge on any atom is 0.339 e.